The highest BCUT2D eigenvalue weighted by Gasteiger charge is 2.34. The minimum Gasteiger partial charge on any atom is -0.289 e. The smallest absolute Gasteiger partial charge is 0.289 e. The first-order valence-electron chi connectivity index (χ1n) is 6.71. The van der Waals surface area contributed by atoms with Crippen LogP contribution in [0.5, 0.6) is 0 Å². The van der Waals surface area contributed by atoms with Gasteiger partial charge in [-0.2, -0.15) is 13.2 Å². The molecule has 0 N–H and O–H groups in total. The van der Waals surface area contributed by atoms with Crippen LogP contribution in [0.25, 0.3) is 5.57 Å². The molecule has 114 valence electrons. The number of allylic oxidation sites excluding steroid dienone is 1. The number of rotatable bonds is 1. The van der Waals surface area contributed by atoms with E-state index in [1.807, 2.05) is 20.8 Å². The van der Waals surface area contributed by atoms with Gasteiger partial charge >= 0.3 is 6.18 Å². The van der Waals surface area contributed by atoms with Gasteiger partial charge in [0.2, 0.25) is 0 Å². The van der Waals surface area contributed by atoms with E-state index in [1.54, 1.807) is 6.08 Å². The molecule has 1 nitrogen and oxygen atoms in total. The first kappa shape index (κ1) is 15.7. The van der Waals surface area contributed by atoms with E-state index in [4.69, 9.17) is 0 Å². The number of hydrogen-bond acceptors (Lipinski definition) is 1. The third-order valence-electron chi connectivity index (χ3n) is 3.38. The van der Waals surface area contributed by atoms with E-state index in [-0.39, 0.29) is 11.0 Å². The molecule has 21 heavy (non-hydrogen) atoms. The predicted octanol–water partition coefficient (Wildman–Crippen LogP) is 5.12. The second-order valence-corrected chi connectivity index (χ2v) is 6.12. The van der Waals surface area contributed by atoms with Crippen molar-refractivity contribution in [2.45, 2.75) is 33.4 Å². The van der Waals surface area contributed by atoms with Crippen LogP contribution in [-0.2, 0) is 6.18 Å². The number of benzene rings is 1. The molecule has 1 heterocycles. The molecule has 1 aliphatic rings. The van der Waals surface area contributed by atoms with Crippen molar-refractivity contribution < 1.29 is 17.6 Å². The van der Waals surface area contributed by atoms with E-state index in [1.165, 1.54) is 0 Å². The summed E-state index contributed by atoms with van der Waals surface area (Å²) in [6.07, 6.45) is -2.46. The van der Waals surface area contributed by atoms with Crippen molar-refractivity contribution in [3.63, 3.8) is 0 Å². The van der Waals surface area contributed by atoms with Crippen LogP contribution in [0.1, 0.15) is 38.3 Å². The number of aliphatic imine (C=N–C) groups is 1. The van der Waals surface area contributed by atoms with Gasteiger partial charge in [-0.1, -0.05) is 20.8 Å². The average molecular weight is 299 g/mol. The Morgan fingerprint density at radius 1 is 1.10 bits per heavy atom. The summed E-state index contributed by atoms with van der Waals surface area (Å²) in [6.45, 7) is 6.26. The maximum absolute atomic E-state index is 13.4. The van der Waals surface area contributed by atoms with Crippen molar-refractivity contribution in [1.82, 2.24) is 0 Å². The molecule has 2 rings (SSSR count). The van der Waals surface area contributed by atoms with Gasteiger partial charge in [0.25, 0.3) is 0 Å². The number of hydrogen-bond donors (Lipinski definition) is 0. The normalized spacial score (nSPS) is 16.5. The Hall–Kier alpha value is -1.65. The van der Waals surface area contributed by atoms with Crippen LogP contribution in [0, 0.1) is 11.2 Å². The van der Waals surface area contributed by atoms with Crippen molar-refractivity contribution >= 4 is 11.3 Å². The van der Waals surface area contributed by atoms with Gasteiger partial charge in [0.05, 0.1) is 5.56 Å². The fraction of sp³-hybridized carbons (Fsp3) is 0.438. The van der Waals surface area contributed by atoms with Crippen LogP contribution >= 0.6 is 0 Å². The van der Waals surface area contributed by atoms with E-state index < -0.39 is 17.6 Å². The van der Waals surface area contributed by atoms with Crippen molar-refractivity contribution in [3.8, 4) is 0 Å². The molecule has 5 heteroatoms. The zero-order valence-electron chi connectivity index (χ0n) is 12.2. The van der Waals surface area contributed by atoms with Gasteiger partial charge in [-0.15, -0.1) is 0 Å². The zero-order valence-corrected chi connectivity index (χ0v) is 12.2. The van der Waals surface area contributed by atoms with Crippen LogP contribution in [0.3, 0.4) is 0 Å². The van der Waals surface area contributed by atoms with Gasteiger partial charge in [-0.05, 0) is 41.8 Å². The van der Waals surface area contributed by atoms with Crippen LogP contribution in [-0.4, -0.2) is 12.3 Å². The van der Waals surface area contributed by atoms with E-state index in [0.717, 1.165) is 23.9 Å². The van der Waals surface area contributed by atoms with Crippen LogP contribution in [0.2, 0.25) is 0 Å². The van der Waals surface area contributed by atoms with Crippen LogP contribution in [0.15, 0.2) is 29.3 Å². The minimum absolute atomic E-state index is 0.0841. The van der Waals surface area contributed by atoms with E-state index >= 15 is 0 Å². The monoisotopic (exact) mass is 299 g/mol. The van der Waals surface area contributed by atoms with Gasteiger partial charge in [0.15, 0.2) is 0 Å². The molecule has 0 saturated carbocycles. The largest absolute Gasteiger partial charge is 0.416 e. The standard InChI is InChI=1S/C16H17F4N/c1-15(2,3)14-8-10(6-7-21-14)12-9-11(17)4-5-13(12)16(18,19)20/h4-5,8-9H,6-7H2,1-3H3. The maximum atomic E-state index is 13.4. The molecule has 0 radical (unpaired) electrons. The molecule has 0 amide bonds. The molecular formula is C16H17F4N. The van der Waals surface area contributed by atoms with Crippen LogP contribution in [0.4, 0.5) is 17.6 Å². The van der Waals surface area contributed by atoms with E-state index in [2.05, 4.69) is 4.99 Å². The highest BCUT2D eigenvalue weighted by Crippen LogP contribution is 2.37. The Bertz CT molecular complexity index is 604. The van der Waals surface area contributed by atoms with Crippen LogP contribution < -0.4 is 0 Å². The number of nitrogens with zero attached hydrogens (tertiary/aromatic N) is 1. The highest BCUT2D eigenvalue weighted by atomic mass is 19.4. The molecule has 1 aliphatic heterocycles. The summed E-state index contributed by atoms with van der Waals surface area (Å²) >= 11 is 0. The number of alkyl halides is 3. The summed E-state index contributed by atoms with van der Waals surface area (Å²) in [6, 6.07) is 2.60. The van der Waals surface area contributed by atoms with E-state index in [9.17, 15) is 17.6 Å². The molecule has 0 atom stereocenters. The SMILES string of the molecule is CC(C)(C)C1=NCCC(c2cc(F)ccc2C(F)(F)F)=C1. The predicted molar refractivity (Wildman–Crippen MR) is 75.8 cm³/mol. The number of halogens is 4. The second-order valence-electron chi connectivity index (χ2n) is 6.12. The van der Waals surface area contributed by atoms with Gasteiger partial charge in [-0.25, -0.2) is 4.39 Å². The molecule has 0 unspecified atom stereocenters. The van der Waals surface area contributed by atoms with Gasteiger partial charge in [0.1, 0.15) is 5.82 Å². The lowest BCUT2D eigenvalue weighted by Gasteiger charge is -2.24. The molecule has 0 aromatic heterocycles. The Morgan fingerprint density at radius 3 is 2.33 bits per heavy atom. The zero-order chi connectivity index (χ0) is 15.8. The summed E-state index contributed by atoms with van der Waals surface area (Å²) in [5.41, 5.74) is 0.0875. The summed E-state index contributed by atoms with van der Waals surface area (Å²) < 4.78 is 52.7. The molecule has 0 fully saturated rings. The van der Waals surface area contributed by atoms with Crippen molar-refractivity contribution in [3.05, 3.63) is 41.2 Å². The first-order chi connectivity index (χ1) is 9.59. The summed E-state index contributed by atoms with van der Waals surface area (Å²) in [4.78, 5) is 4.36. The maximum Gasteiger partial charge on any atom is 0.416 e. The lowest BCUT2D eigenvalue weighted by atomic mass is 9.85. The van der Waals surface area contributed by atoms with Gasteiger partial charge in [0, 0.05) is 17.7 Å². The topological polar surface area (TPSA) is 12.4 Å². The fourth-order valence-electron chi connectivity index (χ4n) is 2.28. The molecule has 1 aromatic carbocycles. The Balaban J connectivity index is 2.54. The minimum atomic E-state index is -4.50. The quantitative estimate of drug-likeness (QED) is 0.638. The summed E-state index contributed by atoms with van der Waals surface area (Å²) in [5, 5.41) is 0. The molecule has 0 aliphatic carbocycles. The molecular weight excluding hydrogens is 282 g/mol. The highest BCUT2D eigenvalue weighted by molar-refractivity contribution is 6.05. The van der Waals surface area contributed by atoms with Crippen molar-refractivity contribution in [1.29, 1.82) is 0 Å². The lowest BCUT2D eigenvalue weighted by molar-refractivity contribution is -0.137. The second kappa shape index (κ2) is 5.28. The molecule has 0 bridgehead atoms. The molecule has 0 spiro atoms. The van der Waals surface area contributed by atoms with Gasteiger partial charge < -0.3 is 0 Å². The lowest BCUT2D eigenvalue weighted by Crippen LogP contribution is -2.22. The number of dihydropyridines is 1. The Kier molecular flexibility index (Phi) is 3.95. The van der Waals surface area contributed by atoms with Crippen molar-refractivity contribution in [2.24, 2.45) is 10.4 Å². The van der Waals surface area contributed by atoms with E-state index in [0.29, 0.717) is 18.5 Å². The van der Waals surface area contributed by atoms with Gasteiger partial charge in [-0.3, -0.25) is 4.99 Å². The Labute approximate surface area is 121 Å². The Morgan fingerprint density at radius 2 is 1.76 bits per heavy atom. The average Bonchev–Trinajstić information content (AvgIpc) is 2.36. The molecule has 0 saturated heterocycles. The first-order valence-corrected chi connectivity index (χ1v) is 6.71. The summed E-state index contributed by atoms with van der Waals surface area (Å²) in [7, 11) is 0. The molecule has 1 aromatic rings. The third kappa shape index (κ3) is 3.52. The van der Waals surface area contributed by atoms with Crippen molar-refractivity contribution in [2.75, 3.05) is 6.54 Å². The summed E-state index contributed by atoms with van der Waals surface area (Å²) in [5.74, 6) is -0.668. The fourth-order valence-corrected chi connectivity index (χ4v) is 2.28. The third-order valence-corrected chi connectivity index (χ3v) is 3.38.